The van der Waals surface area contributed by atoms with Gasteiger partial charge in [-0.1, -0.05) is 29.0 Å². The third kappa shape index (κ3) is 2.44. The summed E-state index contributed by atoms with van der Waals surface area (Å²) in [5.74, 6) is 0. The lowest BCUT2D eigenvalue weighted by molar-refractivity contribution is 0.286. The van der Waals surface area contributed by atoms with Crippen LogP contribution < -0.4 is 4.74 Å². The molecule has 90 valence electrons. The van der Waals surface area contributed by atoms with Crippen molar-refractivity contribution in [2.45, 2.75) is 13.5 Å². The smallest absolute Gasteiger partial charge is 0.273 e. The van der Waals surface area contributed by atoms with Gasteiger partial charge in [0.2, 0.25) is 0 Å². The van der Waals surface area contributed by atoms with Gasteiger partial charge in [0.1, 0.15) is 0 Å². The van der Waals surface area contributed by atoms with E-state index in [0.29, 0.717) is 10.2 Å². The van der Waals surface area contributed by atoms with Crippen LogP contribution in [0, 0.1) is 6.92 Å². The zero-order valence-corrected chi connectivity index (χ0v) is 11.1. The normalized spacial score (nSPS) is 10.6. The van der Waals surface area contributed by atoms with Crippen LogP contribution in [0.2, 0.25) is 5.02 Å². The number of nitrogens with zero attached hydrogens (tertiary/aromatic N) is 1. The van der Waals surface area contributed by atoms with E-state index in [0.717, 1.165) is 21.7 Å². The molecule has 1 aromatic carbocycles. The summed E-state index contributed by atoms with van der Waals surface area (Å²) in [6.45, 7) is 1.93. The second-order valence-electron chi connectivity index (χ2n) is 3.57. The van der Waals surface area contributed by atoms with Crippen LogP contribution in [0.4, 0.5) is 0 Å². The van der Waals surface area contributed by atoms with E-state index in [1.54, 1.807) is 7.11 Å². The van der Waals surface area contributed by atoms with Gasteiger partial charge in [-0.05, 0) is 24.6 Å². The Kier molecular flexibility index (Phi) is 3.66. The highest BCUT2D eigenvalue weighted by Gasteiger charge is 2.14. The summed E-state index contributed by atoms with van der Waals surface area (Å²) in [5.41, 5.74) is 2.74. The predicted octanol–water partition coefficient (Wildman–Crippen LogP) is 3.27. The second-order valence-corrected chi connectivity index (χ2v) is 5.06. The molecule has 0 atom stereocenters. The number of hydrogen-bond donors (Lipinski definition) is 1. The molecule has 1 N–H and O–H groups in total. The molecule has 0 amide bonds. The maximum absolute atomic E-state index is 9.33. The average molecular weight is 270 g/mol. The lowest BCUT2D eigenvalue weighted by atomic mass is 10.1. The molecule has 1 heterocycles. The molecule has 1 aromatic heterocycles. The first-order valence-corrected chi connectivity index (χ1v) is 6.26. The number of aliphatic hydroxyl groups excluding tert-OH is 1. The van der Waals surface area contributed by atoms with Crippen molar-refractivity contribution in [1.29, 1.82) is 0 Å². The molecule has 0 aliphatic rings. The summed E-state index contributed by atoms with van der Waals surface area (Å²) in [4.78, 5) is 5.13. The molecular weight excluding hydrogens is 258 g/mol. The van der Waals surface area contributed by atoms with Crippen LogP contribution in [0.15, 0.2) is 18.2 Å². The standard InChI is InChI=1S/C12H12ClNO2S/c1-7-3-4-8(13)5-9(7)11-10(6-15)17-12(14-11)16-2/h3-5,15H,6H2,1-2H3. The van der Waals surface area contributed by atoms with Gasteiger partial charge >= 0.3 is 0 Å². The zero-order valence-electron chi connectivity index (χ0n) is 9.53. The van der Waals surface area contributed by atoms with Crippen molar-refractivity contribution >= 4 is 22.9 Å². The third-order valence-corrected chi connectivity index (χ3v) is 3.69. The molecule has 0 fully saturated rings. The fourth-order valence-corrected chi connectivity index (χ4v) is 2.50. The van der Waals surface area contributed by atoms with E-state index < -0.39 is 0 Å². The molecule has 0 spiro atoms. The maximum atomic E-state index is 9.33. The molecule has 0 saturated heterocycles. The molecule has 17 heavy (non-hydrogen) atoms. The Balaban J connectivity index is 2.58. The van der Waals surface area contributed by atoms with Crippen molar-refractivity contribution < 1.29 is 9.84 Å². The van der Waals surface area contributed by atoms with Gasteiger partial charge in [0.05, 0.1) is 24.3 Å². The van der Waals surface area contributed by atoms with Gasteiger partial charge < -0.3 is 9.84 Å². The van der Waals surface area contributed by atoms with Gasteiger partial charge in [0, 0.05) is 10.6 Å². The first-order chi connectivity index (χ1) is 8.15. The minimum atomic E-state index is -0.0533. The predicted molar refractivity (Wildman–Crippen MR) is 69.8 cm³/mol. The van der Waals surface area contributed by atoms with Crippen LogP contribution in [0.25, 0.3) is 11.3 Å². The third-order valence-electron chi connectivity index (χ3n) is 2.45. The number of thiazole rings is 1. The Labute approximate surface area is 109 Å². The molecule has 0 saturated carbocycles. The Bertz CT molecular complexity index is 539. The number of halogens is 1. The van der Waals surface area contributed by atoms with E-state index in [1.165, 1.54) is 11.3 Å². The van der Waals surface area contributed by atoms with Crippen LogP contribution in [-0.2, 0) is 6.61 Å². The molecular formula is C12H12ClNO2S. The molecule has 2 rings (SSSR count). The number of ether oxygens (including phenoxy) is 1. The SMILES string of the molecule is COc1nc(-c2cc(Cl)ccc2C)c(CO)s1. The summed E-state index contributed by atoms with van der Waals surface area (Å²) in [6.07, 6.45) is 0. The lowest BCUT2D eigenvalue weighted by Crippen LogP contribution is -1.89. The van der Waals surface area contributed by atoms with Gasteiger partial charge in [-0.2, -0.15) is 0 Å². The molecule has 5 heteroatoms. The summed E-state index contributed by atoms with van der Waals surface area (Å²) in [7, 11) is 1.56. The van der Waals surface area contributed by atoms with E-state index in [2.05, 4.69) is 4.98 Å². The highest BCUT2D eigenvalue weighted by Crippen LogP contribution is 2.35. The van der Waals surface area contributed by atoms with Crippen LogP contribution >= 0.6 is 22.9 Å². The largest absolute Gasteiger partial charge is 0.473 e. The fraction of sp³-hybridized carbons (Fsp3) is 0.250. The quantitative estimate of drug-likeness (QED) is 0.930. The van der Waals surface area contributed by atoms with Gasteiger partial charge in [-0.15, -0.1) is 0 Å². The van der Waals surface area contributed by atoms with E-state index in [4.69, 9.17) is 16.3 Å². The van der Waals surface area contributed by atoms with Crippen molar-refractivity contribution in [3.05, 3.63) is 33.7 Å². The second kappa shape index (κ2) is 5.04. The Hall–Kier alpha value is -1.10. The molecule has 0 bridgehead atoms. The summed E-state index contributed by atoms with van der Waals surface area (Å²) in [5, 5.41) is 10.5. The maximum Gasteiger partial charge on any atom is 0.273 e. The highest BCUT2D eigenvalue weighted by atomic mass is 35.5. The molecule has 3 nitrogen and oxygen atoms in total. The number of benzene rings is 1. The van der Waals surface area contributed by atoms with Gasteiger partial charge in [0.15, 0.2) is 0 Å². The van der Waals surface area contributed by atoms with Crippen LogP contribution in [-0.4, -0.2) is 17.2 Å². The van der Waals surface area contributed by atoms with Crippen LogP contribution in [0.3, 0.4) is 0 Å². The van der Waals surface area contributed by atoms with E-state index in [-0.39, 0.29) is 6.61 Å². The number of hydrogen-bond acceptors (Lipinski definition) is 4. The van der Waals surface area contributed by atoms with E-state index in [1.807, 2.05) is 25.1 Å². The fourth-order valence-electron chi connectivity index (χ4n) is 1.58. The van der Waals surface area contributed by atoms with Gasteiger partial charge in [0.25, 0.3) is 5.19 Å². The number of aliphatic hydroxyl groups is 1. The number of rotatable bonds is 3. The van der Waals surface area contributed by atoms with Gasteiger partial charge in [-0.25, -0.2) is 4.98 Å². The summed E-state index contributed by atoms with van der Waals surface area (Å²) in [6, 6.07) is 5.62. The Morgan fingerprint density at radius 3 is 2.88 bits per heavy atom. The number of aromatic nitrogens is 1. The number of methoxy groups -OCH3 is 1. The molecule has 0 aliphatic heterocycles. The molecule has 2 aromatic rings. The van der Waals surface area contributed by atoms with E-state index >= 15 is 0 Å². The first-order valence-electron chi connectivity index (χ1n) is 5.06. The zero-order chi connectivity index (χ0) is 12.4. The van der Waals surface area contributed by atoms with Crippen molar-refractivity contribution in [3.8, 4) is 16.5 Å². The van der Waals surface area contributed by atoms with Crippen molar-refractivity contribution in [2.75, 3.05) is 7.11 Å². The molecule has 0 aliphatic carbocycles. The minimum absolute atomic E-state index is 0.0533. The van der Waals surface area contributed by atoms with Crippen molar-refractivity contribution in [3.63, 3.8) is 0 Å². The Morgan fingerprint density at radius 2 is 2.24 bits per heavy atom. The summed E-state index contributed by atoms with van der Waals surface area (Å²) >= 11 is 7.33. The van der Waals surface area contributed by atoms with Crippen molar-refractivity contribution in [1.82, 2.24) is 4.98 Å². The first kappa shape index (κ1) is 12.4. The monoisotopic (exact) mass is 269 g/mol. The van der Waals surface area contributed by atoms with Gasteiger partial charge in [-0.3, -0.25) is 0 Å². The average Bonchev–Trinajstić information content (AvgIpc) is 2.75. The molecule has 0 radical (unpaired) electrons. The Morgan fingerprint density at radius 1 is 1.47 bits per heavy atom. The number of aryl methyl sites for hydroxylation is 1. The highest BCUT2D eigenvalue weighted by molar-refractivity contribution is 7.13. The van der Waals surface area contributed by atoms with Crippen LogP contribution in [0.1, 0.15) is 10.4 Å². The topological polar surface area (TPSA) is 42.4 Å². The molecule has 0 unspecified atom stereocenters. The van der Waals surface area contributed by atoms with E-state index in [9.17, 15) is 5.11 Å². The lowest BCUT2D eigenvalue weighted by Gasteiger charge is -2.04. The summed E-state index contributed by atoms with van der Waals surface area (Å²) < 4.78 is 5.09. The van der Waals surface area contributed by atoms with Crippen LogP contribution in [0.5, 0.6) is 5.19 Å². The minimum Gasteiger partial charge on any atom is -0.473 e. The van der Waals surface area contributed by atoms with Crippen molar-refractivity contribution in [2.24, 2.45) is 0 Å².